The standard InChI is InChI=1S/C26H32FN5O6/c1-14(2)22(31-25(36)21-10-15(3)38-32-21)26(37)30-20(11-16-4-6-18(27)7-5-16)24(35)29-19(13-33)12-17-8-9-28-23(17)34/h4-7,10,13-14,17,19-20,22H,8-9,11-12H2,1-3H3,(H,28,34)(H,29,35)(H,30,37)(H,31,36)/t17-,19-,20-,22?/m0/s1. The van der Waals surface area contributed by atoms with Gasteiger partial charge in [-0.25, -0.2) is 4.39 Å². The molecule has 11 nitrogen and oxygen atoms in total. The maximum atomic E-state index is 13.4. The zero-order valence-corrected chi connectivity index (χ0v) is 21.5. The number of rotatable bonds is 12. The topological polar surface area (TPSA) is 160 Å². The van der Waals surface area contributed by atoms with Crippen LogP contribution < -0.4 is 21.3 Å². The molecule has 4 atom stereocenters. The Morgan fingerprint density at radius 1 is 1.16 bits per heavy atom. The van der Waals surface area contributed by atoms with Gasteiger partial charge in [0.05, 0.1) is 6.04 Å². The van der Waals surface area contributed by atoms with Crippen molar-refractivity contribution in [3.8, 4) is 0 Å². The lowest BCUT2D eigenvalue weighted by Crippen LogP contribution is -2.57. The molecule has 1 aliphatic rings. The van der Waals surface area contributed by atoms with Crippen molar-refractivity contribution in [3.63, 3.8) is 0 Å². The minimum atomic E-state index is -1.15. The highest BCUT2D eigenvalue weighted by molar-refractivity contribution is 5.97. The van der Waals surface area contributed by atoms with Gasteiger partial charge in [0.25, 0.3) is 5.91 Å². The molecule has 1 aromatic carbocycles. The molecule has 0 radical (unpaired) electrons. The summed E-state index contributed by atoms with van der Waals surface area (Å²) in [5.41, 5.74) is 0.569. The van der Waals surface area contributed by atoms with E-state index >= 15 is 0 Å². The molecule has 2 heterocycles. The van der Waals surface area contributed by atoms with Gasteiger partial charge in [0.15, 0.2) is 5.69 Å². The fourth-order valence-electron chi connectivity index (χ4n) is 4.16. The summed E-state index contributed by atoms with van der Waals surface area (Å²) in [6.07, 6.45) is 1.22. The minimum absolute atomic E-state index is 0.00537. The second kappa shape index (κ2) is 12.9. The molecule has 1 aromatic heterocycles. The number of aldehydes is 1. The number of benzene rings is 1. The lowest BCUT2D eigenvalue weighted by molar-refractivity contribution is -0.131. The number of aryl methyl sites for hydroxylation is 1. The van der Waals surface area contributed by atoms with E-state index in [-0.39, 0.29) is 30.4 Å². The number of amides is 4. The Hall–Kier alpha value is -4.09. The van der Waals surface area contributed by atoms with Crippen LogP contribution in [0.4, 0.5) is 4.39 Å². The third kappa shape index (κ3) is 7.70. The molecule has 38 heavy (non-hydrogen) atoms. The molecule has 12 heteroatoms. The molecule has 0 spiro atoms. The molecule has 204 valence electrons. The Morgan fingerprint density at radius 3 is 2.42 bits per heavy atom. The van der Waals surface area contributed by atoms with Crippen LogP contribution in [-0.2, 0) is 25.6 Å². The van der Waals surface area contributed by atoms with Crippen molar-refractivity contribution < 1.29 is 32.9 Å². The lowest BCUT2D eigenvalue weighted by Gasteiger charge is -2.26. The first kappa shape index (κ1) is 28.5. The predicted octanol–water partition coefficient (Wildman–Crippen LogP) is 0.814. The van der Waals surface area contributed by atoms with Gasteiger partial charge < -0.3 is 30.6 Å². The van der Waals surface area contributed by atoms with Crippen molar-refractivity contribution >= 4 is 29.9 Å². The van der Waals surface area contributed by atoms with E-state index in [1.54, 1.807) is 20.8 Å². The van der Waals surface area contributed by atoms with Crippen molar-refractivity contribution in [3.05, 3.63) is 53.2 Å². The summed E-state index contributed by atoms with van der Waals surface area (Å²) in [5.74, 6) is -2.88. The fraction of sp³-hybridized carbons (Fsp3) is 0.462. The molecule has 1 saturated heterocycles. The summed E-state index contributed by atoms with van der Waals surface area (Å²) >= 11 is 0. The van der Waals surface area contributed by atoms with Crippen LogP contribution in [-0.4, -0.2) is 59.7 Å². The number of hydrogen-bond acceptors (Lipinski definition) is 7. The van der Waals surface area contributed by atoms with Gasteiger partial charge in [-0.15, -0.1) is 0 Å². The van der Waals surface area contributed by atoms with Gasteiger partial charge in [-0.3, -0.25) is 19.2 Å². The highest BCUT2D eigenvalue weighted by Gasteiger charge is 2.32. The molecule has 0 aliphatic carbocycles. The Bertz CT molecular complexity index is 1170. The summed E-state index contributed by atoms with van der Waals surface area (Å²) in [6, 6.07) is 3.74. The lowest BCUT2D eigenvalue weighted by atomic mass is 9.98. The predicted molar refractivity (Wildman–Crippen MR) is 133 cm³/mol. The Morgan fingerprint density at radius 2 is 1.87 bits per heavy atom. The van der Waals surface area contributed by atoms with Crippen LogP contribution in [0.5, 0.6) is 0 Å². The van der Waals surface area contributed by atoms with Gasteiger partial charge in [0.2, 0.25) is 17.7 Å². The van der Waals surface area contributed by atoms with Crippen molar-refractivity contribution in [2.45, 2.75) is 58.2 Å². The van der Waals surface area contributed by atoms with Gasteiger partial charge in [0, 0.05) is 24.9 Å². The summed E-state index contributed by atoms with van der Waals surface area (Å²) < 4.78 is 18.3. The van der Waals surface area contributed by atoms with E-state index < -0.39 is 47.6 Å². The summed E-state index contributed by atoms with van der Waals surface area (Å²) in [4.78, 5) is 62.7. The fourth-order valence-corrected chi connectivity index (χ4v) is 4.16. The average Bonchev–Trinajstić information content (AvgIpc) is 3.50. The quantitative estimate of drug-likeness (QED) is 0.296. The van der Waals surface area contributed by atoms with Gasteiger partial charge in [-0.05, 0) is 43.4 Å². The van der Waals surface area contributed by atoms with Crippen LogP contribution in [0.3, 0.4) is 0 Å². The Kier molecular flexibility index (Phi) is 9.69. The summed E-state index contributed by atoms with van der Waals surface area (Å²) in [5, 5.41) is 14.2. The molecule has 3 rings (SSSR count). The number of carbonyl (C=O) groups is 5. The van der Waals surface area contributed by atoms with Crippen LogP contribution in [0.2, 0.25) is 0 Å². The molecular weight excluding hydrogens is 497 g/mol. The molecule has 4 amide bonds. The average molecular weight is 530 g/mol. The van der Waals surface area contributed by atoms with Crippen molar-refractivity contribution in [1.82, 2.24) is 26.4 Å². The third-order valence-corrected chi connectivity index (χ3v) is 6.28. The third-order valence-electron chi connectivity index (χ3n) is 6.28. The number of nitrogens with zero attached hydrogens (tertiary/aromatic N) is 1. The summed E-state index contributed by atoms with van der Waals surface area (Å²) in [6.45, 7) is 5.58. The van der Waals surface area contributed by atoms with Crippen molar-refractivity contribution in [2.75, 3.05) is 6.54 Å². The Balaban J connectivity index is 1.75. The van der Waals surface area contributed by atoms with E-state index in [0.717, 1.165) is 0 Å². The second-order valence-corrected chi connectivity index (χ2v) is 9.67. The first-order valence-electron chi connectivity index (χ1n) is 12.4. The smallest absolute Gasteiger partial charge is 0.274 e. The van der Waals surface area contributed by atoms with Crippen molar-refractivity contribution in [1.29, 1.82) is 0 Å². The highest BCUT2D eigenvalue weighted by Crippen LogP contribution is 2.16. The molecule has 0 bridgehead atoms. The number of hydrogen-bond donors (Lipinski definition) is 4. The zero-order valence-electron chi connectivity index (χ0n) is 21.5. The van der Waals surface area contributed by atoms with Crippen LogP contribution in [0.15, 0.2) is 34.9 Å². The normalized spacial score (nSPS) is 17.3. The first-order valence-corrected chi connectivity index (χ1v) is 12.4. The number of halogens is 1. The van der Waals surface area contributed by atoms with Gasteiger partial charge >= 0.3 is 0 Å². The monoisotopic (exact) mass is 529 g/mol. The van der Waals surface area contributed by atoms with Gasteiger partial charge in [0.1, 0.15) is 29.9 Å². The number of aromatic nitrogens is 1. The van der Waals surface area contributed by atoms with Gasteiger partial charge in [-0.1, -0.05) is 31.1 Å². The molecular formula is C26H32FN5O6. The van der Waals surface area contributed by atoms with Crippen LogP contribution in [0.25, 0.3) is 0 Å². The van der Waals surface area contributed by atoms with E-state index in [2.05, 4.69) is 26.4 Å². The van der Waals surface area contributed by atoms with Crippen molar-refractivity contribution in [2.24, 2.45) is 11.8 Å². The highest BCUT2D eigenvalue weighted by atomic mass is 19.1. The molecule has 1 fully saturated rings. The molecule has 2 aromatic rings. The van der Waals surface area contributed by atoms with E-state index in [0.29, 0.717) is 30.6 Å². The molecule has 0 saturated carbocycles. The minimum Gasteiger partial charge on any atom is -0.361 e. The van der Waals surface area contributed by atoms with Crippen LogP contribution in [0.1, 0.15) is 48.5 Å². The number of carbonyl (C=O) groups excluding carboxylic acids is 5. The van der Waals surface area contributed by atoms with Crippen LogP contribution in [0, 0.1) is 24.6 Å². The maximum Gasteiger partial charge on any atom is 0.274 e. The Labute approximate surface area is 219 Å². The maximum absolute atomic E-state index is 13.4. The zero-order chi connectivity index (χ0) is 27.8. The molecule has 1 unspecified atom stereocenters. The van der Waals surface area contributed by atoms with Gasteiger partial charge in [-0.2, -0.15) is 0 Å². The van der Waals surface area contributed by atoms with E-state index in [1.807, 2.05) is 0 Å². The van der Waals surface area contributed by atoms with Crippen LogP contribution >= 0.6 is 0 Å². The van der Waals surface area contributed by atoms with E-state index in [4.69, 9.17) is 4.52 Å². The summed E-state index contributed by atoms with van der Waals surface area (Å²) in [7, 11) is 0. The SMILES string of the molecule is Cc1cc(C(=O)NC(C(=O)N[C@@H](Cc2ccc(F)cc2)C(=O)N[C@H](C=O)C[C@@H]2CCNC2=O)C(C)C)no1. The number of nitrogens with one attached hydrogen (secondary N) is 4. The van der Waals surface area contributed by atoms with E-state index in [9.17, 15) is 28.4 Å². The molecule has 1 aliphatic heterocycles. The largest absolute Gasteiger partial charge is 0.361 e. The first-order chi connectivity index (χ1) is 18.1. The molecule has 4 N–H and O–H groups in total. The second-order valence-electron chi connectivity index (χ2n) is 9.67. The van der Waals surface area contributed by atoms with E-state index in [1.165, 1.54) is 30.3 Å².